The Morgan fingerprint density at radius 2 is 2.18 bits per heavy atom. The van der Waals surface area contributed by atoms with E-state index in [1.54, 1.807) is 35.6 Å². The topological polar surface area (TPSA) is 79.0 Å². The fourth-order valence-electron chi connectivity index (χ4n) is 1.88. The third-order valence-corrected chi connectivity index (χ3v) is 4.45. The van der Waals surface area contributed by atoms with E-state index < -0.39 is 10.8 Å². The molecule has 9 heteroatoms. The maximum atomic E-state index is 12.1. The molecule has 2 heterocycles. The number of thioether (sulfide) groups is 1. The van der Waals surface area contributed by atoms with Crippen LogP contribution in [0, 0.1) is 0 Å². The van der Waals surface area contributed by atoms with Gasteiger partial charge in [0, 0.05) is 36.9 Å². The Hall–Kier alpha value is -1.45. The second-order valence-corrected chi connectivity index (χ2v) is 6.83. The molecular formula is C13H18N4O3S2. The van der Waals surface area contributed by atoms with Gasteiger partial charge in [-0.1, -0.05) is 0 Å². The molecule has 0 aliphatic rings. The third kappa shape index (κ3) is 3.84. The van der Waals surface area contributed by atoms with Gasteiger partial charge in [-0.15, -0.1) is 10.2 Å². The minimum Gasteiger partial charge on any atom is -0.360 e. The predicted molar refractivity (Wildman–Crippen MR) is 87.4 cm³/mol. The Kier molecular flexibility index (Phi) is 5.92. The molecule has 0 N–H and O–H groups in total. The number of pyridine rings is 1. The minimum atomic E-state index is -1.23. The zero-order valence-electron chi connectivity index (χ0n) is 12.7. The molecular weight excluding hydrogens is 324 g/mol. The molecule has 0 aromatic carbocycles. The Morgan fingerprint density at radius 1 is 1.41 bits per heavy atom. The summed E-state index contributed by atoms with van der Waals surface area (Å²) < 4.78 is 20.0. The first-order valence-corrected chi connectivity index (χ1v) is 9.50. The Labute approximate surface area is 135 Å². The van der Waals surface area contributed by atoms with Gasteiger partial charge in [0.15, 0.2) is 5.82 Å². The van der Waals surface area contributed by atoms with Crippen molar-refractivity contribution in [3.8, 4) is 11.4 Å². The molecule has 22 heavy (non-hydrogen) atoms. The lowest BCUT2D eigenvalue weighted by atomic mass is 10.2. The van der Waals surface area contributed by atoms with E-state index in [2.05, 4.69) is 10.2 Å². The Balaban J connectivity index is 2.19. The molecule has 0 aliphatic heterocycles. The molecule has 2 aromatic heterocycles. The standard InChI is InChI=1S/C13H18N4O3S2/c1-16-12(14-15-13(16)22(3)19)10-4-5-17(11(18)8-10)9-20-6-7-21-2/h4-5,8H,6-7,9H2,1-3H3. The van der Waals surface area contributed by atoms with Gasteiger partial charge in [0.1, 0.15) is 6.73 Å². The molecule has 120 valence electrons. The summed E-state index contributed by atoms with van der Waals surface area (Å²) in [7, 11) is 0.500. The van der Waals surface area contributed by atoms with Crippen molar-refractivity contribution in [3.63, 3.8) is 0 Å². The van der Waals surface area contributed by atoms with Gasteiger partial charge in [-0.3, -0.25) is 13.6 Å². The minimum absolute atomic E-state index is 0.177. The van der Waals surface area contributed by atoms with E-state index in [0.717, 1.165) is 5.75 Å². The zero-order valence-corrected chi connectivity index (χ0v) is 14.3. The fraction of sp³-hybridized carbons (Fsp3) is 0.462. The Bertz CT molecular complexity index is 726. The van der Waals surface area contributed by atoms with Crippen molar-refractivity contribution >= 4 is 22.6 Å². The third-order valence-electron chi connectivity index (χ3n) is 3.01. The monoisotopic (exact) mass is 342 g/mol. The van der Waals surface area contributed by atoms with E-state index in [1.165, 1.54) is 16.9 Å². The summed E-state index contributed by atoms with van der Waals surface area (Å²) in [5.41, 5.74) is 0.459. The van der Waals surface area contributed by atoms with Crippen LogP contribution < -0.4 is 5.56 Å². The van der Waals surface area contributed by atoms with E-state index in [0.29, 0.717) is 23.2 Å². The van der Waals surface area contributed by atoms with Crippen LogP contribution in [0.2, 0.25) is 0 Å². The van der Waals surface area contributed by atoms with Crippen LogP contribution >= 0.6 is 11.8 Å². The molecule has 0 aliphatic carbocycles. The maximum absolute atomic E-state index is 12.1. The van der Waals surface area contributed by atoms with Gasteiger partial charge in [0.25, 0.3) is 5.56 Å². The van der Waals surface area contributed by atoms with Crippen LogP contribution in [-0.4, -0.2) is 48.4 Å². The van der Waals surface area contributed by atoms with Gasteiger partial charge in [-0.25, -0.2) is 0 Å². The van der Waals surface area contributed by atoms with Crippen LogP contribution in [0.4, 0.5) is 0 Å². The molecule has 7 nitrogen and oxygen atoms in total. The Morgan fingerprint density at radius 3 is 2.77 bits per heavy atom. The molecule has 2 rings (SSSR count). The summed E-state index contributed by atoms with van der Waals surface area (Å²) in [6.45, 7) is 0.826. The van der Waals surface area contributed by atoms with Crippen molar-refractivity contribution in [1.82, 2.24) is 19.3 Å². The van der Waals surface area contributed by atoms with Crippen LogP contribution in [0.25, 0.3) is 11.4 Å². The summed E-state index contributed by atoms with van der Waals surface area (Å²) in [5, 5.41) is 8.27. The molecule has 0 fully saturated rings. The summed E-state index contributed by atoms with van der Waals surface area (Å²) in [4.78, 5) is 12.1. The molecule has 1 unspecified atom stereocenters. The average molecular weight is 342 g/mol. The quantitative estimate of drug-likeness (QED) is 0.690. The molecule has 0 bridgehead atoms. The van der Waals surface area contributed by atoms with Gasteiger partial charge in [-0.05, 0) is 12.3 Å². The summed E-state index contributed by atoms with van der Waals surface area (Å²) >= 11 is 1.69. The number of ether oxygens (including phenoxy) is 1. The molecule has 2 aromatic rings. The van der Waals surface area contributed by atoms with Gasteiger partial charge in [0.2, 0.25) is 5.16 Å². The largest absolute Gasteiger partial charge is 0.360 e. The number of hydrogen-bond donors (Lipinski definition) is 0. The van der Waals surface area contributed by atoms with E-state index in [-0.39, 0.29) is 12.3 Å². The molecule has 0 saturated heterocycles. The summed E-state index contributed by atoms with van der Waals surface area (Å²) in [5.74, 6) is 1.40. The number of rotatable bonds is 7. The highest BCUT2D eigenvalue weighted by Crippen LogP contribution is 2.16. The van der Waals surface area contributed by atoms with Gasteiger partial charge in [0.05, 0.1) is 17.4 Å². The highest BCUT2D eigenvalue weighted by atomic mass is 32.2. The number of aromatic nitrogens is 4. The first kappa shape index (κ1) is 16.9. The van der Waals surface area contributed by atoms with Crippen molar-refractivity contribution in [1.29, 1.82) is 0 Å². The van der Waals surface area contributed by atoms with E-state index in [1.807, 2.05) is 6.26 Å². The van der Waals surface area contributed by atoms with E-state index in [9.17, 15) is 9.00 Å². The molecule has 0 amide bonds. The highest BCUT2D eigenvalue weighted by molar-refractivity contribution is 7.98. The van der Waals surface area contributed by atoms with Gasteiger partial charge in [-0.2, -0.15) is 11.8 Å². The lowest BCUT2D eigenvalue weighted by molar-refractivity contribution is 0.0875. The number of nitrogens with zero attached hydrogens (tertiary/aromatic N) is 4. The lowest BCUT2D eigenvalue weighted by Crippen LogP contribution is -2.20. The van der Waals surface area contributed by atoms with Crippen molar-refractivity contribution in [2.24, 2.45) is 7.05 Å². The number of hydrogen-bond acceptors (Lipinski definition) is 6. The van der Waals surface area contributed by atoms with Gasteiger partial charge >= 0.3 is 0 Å². The van der Waals surface area contributed by atoms with Crippen LogP contribution in [0.3, 0.4) is 0 Å². The van der Waals surface area contributed by atoms with Crippen molar-refractivity contribution in [2.75, 3.05) is 24.9 Å². The van der Waals surface area contributed by atoms with Crippen LogP contribution in [0.15, 0.2) is 28.3 Å². The molecule has 0 radical (unpaired) electrons. The maximum Gasteiger partial charge on any atom is 0.253 e. The van der Waals surface area contributed by atoms with Crippen molar-refractivity contribution < 1.29 is 8.95 Å². The second kappa shape index (κ2) is 7.70. The van der Waals surface area contributed by atoms with E-state index in [4.69, 9.17) is 4.74 Å². The van der Waals surface area contributed by atoms with Crippen molar-refractivity contribution in [3.05, 3.63) is 28.7 Å². The average Bonchev–Trinajstić information content (AvgIpc) is 2.87. The van der Waals surface area contributed by atoms with Crippen LogP contribution in [-0.2, 0) is 29.3 Å². The zero-order chi connectivity index (χ0) is 16.1. The SMILES string of the molecule is CSCCOCn1ccc(-c2nnc(S(C)=O)n2C)cc1=O. The van der Waals surface area contributed by atoms with Gasteiger partial charge < -0.3 is 9.30 Å². The van der Waals surface area contributed by atoms with E-state index >= 15 is 0 Å². The highest BCUT2D eigenvalue weighted by Gasteiger charge is 2.13. The molecule has 0 saturated carbocycles. The normalized spacial score (nSPS) is 12.5. The molecule has 1 atom stereocenters. The first-order valence-electron chi connectivity index (χ1n) is 6.55. The lowest BCUT2D eigenvalue weighted by Gasteiger charge is -2.08. The smallest absolute Gasteiger partial charge is 0.253 e. The van der Waals surface area contributed by atoms with Crippen LogP contribution in [0.1, 0.15) is 0 Å². The van der Waals surface area contributed by atoms with Crippen molar-refractivity contribution in [2.45, 2.75) is 11.9 Å². The molecule has 0 spiro atoms. The first-order chi connectivity index (χ1) is 10.5. The summed E-state index contributed by atoms with van der Waals surface area (Å²) in [6, 6.07) is 3.25. The predicted octanol–water partition coefficient (Wildman–Crippen LogP) is 0.718. The van der Waals surface area contributed by atoms with Crippen LogP contribution in [0.5, 0.6) is 0 Å². The summed E-state index contributed by atoms with van der Waals surface area (Å²) in [6.07, 6.45) is 5.20. The second-order valence-electron chi connectivity index (χ2n) is 4.57. The fourth-order valence-corrected chi connectivity index (χ4v) is 2.79.